The predicted molar refractivity (Wildman–Crippen MR) is 147 cm³/mol. The first-order valence-corrected chi connectivity index (χ1v) is 14.0. The molecule has 0 aliphatic carbocycles. The van der Waals surface area contributed by atoms with Crippen LogP contribution in [0, 0.1) is 0 Å². The zero-order chi connectivity index (χ0) is 26.7. The Balaban J connectivity index is 1.49. The summed E-state index contributed by atoms with van der Waals surface area (Å²) in [6.07, 6.45) is 0. The van der Waals surface area contributed by atoms with Gasteiger partial charge in [-0.15, -0.1) is 0 Å². The number of fused-ring (bicyclic) bond motifs is 1. The summed E-state index contributed by atoms with van der Waals surface area (Å²) >= 11 is 0. The van der Waals surface area contributed by atoms with Crippen LogP contribution in [0.5, 0.6) is 0 Å². The van der Waals surface area contributed by atoms with Gasteiger partial charge in [0.15, 0.2) is 0 Å². The number of carbonyl (C=O) groups is 2. The summed E-state index contributed by atoms with van der Waals surface area (Å²) in [7, 11) is -2.56. The van der Waals surface area contributed by atoms with Gasteiger partial charge in [-0.1, -0.05) is 97.1 Å². The quantitative estimate of drug-likeness (QED) is 0.415. The number of rotatable bonds is 6. The van der Waals surface area contributed by atoms with Crippen LogP contribution < -0.4 is 5.32 Å². The van der Waals surface area contributed by atoms with Crippen LogP contribution in [0.3, 0.4) is 0 Å². The van der Waals surface area contributed by atoms with Crippen molar-refractivity contribution in [1.82, 2.24) is 14.5 Å². The first kappa shape index (κ1) is 25.6. The third kappa shape index (κ3) is 4.80. The van der Waals surface area contributed by atoms with Crippen molar-refractivity contribution in [3.63, 3.8) is 0 Å². The van der Waals surface area contributed by atoms with E-state index in [4.69, 9.17) is 0 Å². The molecule has 1 fully saturated rings. The Hall–Kier alpha value is -4.01. The van der Waals surface area contributed by atoms with Crippen LogP contribution in [0.1, 0.15) is 17.0 Å². The van der Waals surface area contributed by atoms with Gasteiger partial charge >= 0.3 is 0 Å². The van der Waals surface area contributed by atoms with Crippen LogP contribution in [0.25, 0.3) is 10.8 Å². The second-order valence-corrected chi connectivity index (χ2v) is 11.1. The lowest BCUT2D eigenvalue weighted by Crippen LogP contribution is -2.61. The topological polar surface area (TPSA) is 86.8 Å². The second-order valence-electron chi connectivity index (χ2n) is 9.26. The summed E-state index contributed by atoms with van der Waals surface area (Å²) in [6.45, 7) is 0.136. The van der Waals surface area contributed by atoms with Crippen molar-refractivity contribution in [1.29, 1.82) is 0 Å². The minimum absolute atomic E-state index is 0.00564. The Morgan fingerprint density at radius 2 is 1.37 bits per heavy atom. The van der Waals surface area contributed by atoms with Gasteiger partial charge in [-0.25, -0.2) is 8.42 Å². The predicted octanol–water partition coefficient (Wildman–Crippen LogP) is 3.62. The van der Waals surface area contributed by atoms with Crippen LogP contribution in [0.2, 0.25) is 0 Å². The lowest BCUT2D eigenvalue weighted by atomic mass is 9.89. The minimum atomic E-state index is -4.03. The largest absolute Gasteiger partial charge is 0.358 e. The van der Waals surface area contributed by atoms with E-state index < -0.39 is 27.9 Å². The average Bonchev–Trinajstić information content (AvgIpc) is 2.97. The van der Waals surface area contributed by atoms with E-state index in [1.807, 2.05) is 78.9 Å². The summed E-state index contributed by atoms with van der Waals surface area (Å²) in [5, 5.41) is 3.99. The Morgan fingerprint density at radius 3 is 2.00 bits per heavy atom. The summed E-state index contributed by atoms with van der Waals surface area (Å²) < 4.78 is 29.1. The molecule has 0 bridgehead atoms. The summed E-state index contributed by atoms with van der Waals surface area (Å²) in [6, 6.07) is 30.3. The van der Waals surface area contributed by atoms with Gasteiger partial charge in [0.2, 0.25) is 21.8 Å². The van der Waals surface area contributed by atoms with Crippen molar-refractivity contribution in [2.45, 2.75) is 16.9 Å². The van der Waals surface area contributed by atoms with Crippen molar-refractivity contribution in [2.24, 2.45) is 0 Å². The number of piperazine rings is 1. The standard InChI is InChI=1S/C30H29N3O4S/c1-31-29(34)26-21-32(30(35)28(23-12-4-2-5-13-23)24-14-6-3-7-15-24)19-20-33(26)38(36,37)27-18-10-16-22-11-8-9-17-25(22)27/h2-18,26,28H,19-21H2,1H3,(H,31,34). The van der Waals surface area contributed by atoms with Gasteiger partial charge in [0.05, 0.1) is 10.8 Å². The highest BCUT2D eigenvalue weighted by molar-refractivity contribution is 7.89. The van der Waals surface area contributed by atoms with E-state index in [9.17, 15) is 18.0 Å². The van der Waals surface area contributed by atoms with Crippen molar-refractivity contribution in [3.05, 3.63) is 114 Å². The molecule has 1 unspecified atom stereocenters. The molecule has 1 aliphatic rings. The maximum Gasteiger partial charge on any atom is 0.244 e. The number of likely N-dealkylation sites (N-methyl/N-ethyl adjacent to an activating group) is 1. The molecule has 4 aromatic rings. The maximum absolute atomic E-state index is 14.0. The Kier molecular flexibility index (Phi) is 7.26. The van der Waals surface area contributed by atoms with Crippen molar-refractivity contribution >= 4 is 32.6 Å². The molecule has 1 N–H and O–H groups in total. The molecule has 1 saturated heterocycles. The van der Waals surface area contributed by atoms with Crippen molar-refractivity contribution in [2.75, 3.05) is 26.7 Å². The number of amides is 2. The van der Waals surface area contributed by atoms with Crippen LogP contribution in [0.4, 0.5) is 0 Å². The van der Waals surface area contributed by atoms with Crippen molar-refractivity contribution in [3.8, 4) is 0 Å². The Labute approximate surface area is 222 Å². The maximum atomic E-state index is 14.0. The summed E-state index contributed by atoms with van der Waals surface area (Å²) in [5.74, 6) is -1.19. The molecule has 0 aromatic heterocycles. The van der Waals surface area contributed by atoms with E-state index in [2.05, 4.69) is 5.32 Å². The zero-order valence-electron chi connectivity index (χ0n) is 21.0. The molecule has 5 rings (SSSR count). The molecule has 0 saturated carbocycles. The molecule has 1 heterocycles. The molecule has 4 aromatic carbocycles. The third-order valence-electron chi connectivity index (χ3n) is 7.04. The molecule has 1 aliphatic heterocycles. The fraction of sp³-hybridized carbons (Fsp3) is 0.200. The molecule has 2 amide bonds. The Morgan fingerprint density at radius 1 is 0.789 bits per heavy atom. The lowest BCUT2D eigenvalue weighted by Gasteiger charge is -2.40. The first-order chi connectivity index (χ1) is 18.4. The lowest BCUT2D eigenvalue weighted by molar-refractivity contribution is -0.136. The van der Waals surface area contributed by atoms with Gasteiger partial charge in [-0.2, -0.15) is 4.31 Å². The van der Waals surface area contributed by atoms with E-state index in [0.717, 1.165) is 16.5 Å². The van der Waals surface area contributed by atoms with Gasteiger partial charge in [-0.3, -0.25) is 9.59 Å². The highest BCUT2D eigenvalue weighted by Crippen LogP contribution is 2.31. The SMILES string of the molecule is CNC(=O)C1CN(C(=O)C(c2ccccc2)c2ccccc2)CCN1S(=O)(=O)c1cccc2ccccc12. The third-order valence-corrected chi connectivity index (χ3v) is 9.01. The van der Waals surface area contributed by atoms with Gasteiger partial charge in [0.1, 0.15) is 6.04 Å². The highest BCUT2D eigenvalue weighted by Gasteiger charge is 2.42. The number of carbonyl (C=O) groups excluding carboxylic acids is 2. The molecule has 7 nitrogen and oxygen atoms in total. The number of nitrogens with zero attached hydrogens (tertiary/aromatic N) is 2. The normalized spacial score (nSPS) is 16.5. The first-order valence-electron chi connectivity index (χ1n) is 12.5. The van der Waals surface area contributed by atoms with E-state index in [1.54, 1.807) is 29.2 Å². The number of hydrogen-bond acceptors (Lipinski definition) is 4. The van der Waals surface area contributed by atoms with Crippen LogP contribution in [-0.2, 0) is 19.6 Å². The molecular formula is C30H29N3O4S. The van der Waals surface area contributed by atoms with Gasteiger partial charge in [0, 0.05) is 32.1 Å². The molecular weight excluding hydrogens is 498 g/mol. The number of nitrogens with one attached hydrogen (secondary N) is 1. The van der Waals surface area contributed by atoms with E-state index in [-0.39, 0.29) is 30.4 Å². The number of benzene rings is 4. The zero-order valence-corrected chi connectivity index (χ0v) is 21.8. The van der Waals surface area contributed by atoms with Crippen LogP contribution >= 0.6 is 0 Å². The van der Waals surface area contributed by atoms with E-state index >= 15 is 0 Å². The van der Waals surface area contributed by atoms with Crippen molar-refractivity contribution < 1.29 is 18.0 Å². The number of hydrogen-bond donors (Lipinski definition) is 1. The van der Waals surface area contributed by atoms with Crippen LogP contribution in [0.15, 0.2) is 108 Å². The van der Waals surface area contributed by atoms with Gasteiger partial charge < -0.3 is 10.2 Å². The molecule has 0 radical (unpaired) electrons. The van der Waals surface area contributed by atoms with Crippen LogP contribution in [-0.4, -0.2) is 62.2 Å². The number of sulfonamides is 1. The fourth-order valence-electron chi connectivity index (χ4n) is 5.13. The average molecular weight is 528 g/mol. The minimum Gasteiger partial charge on any atom is -0.358 e. The highest BCUT2D eigenvalue weighted by atomic mass is 32.2. The smallest absolute Gasteiger partial charge is 0.244 e. The molecule has 1 atom stereocenters. The monoisotopic (exact) mass is 527 g/mol. The molecule has 0 spiro atoms. The molecule has 8 heteroatoms. The fourth-order valence-corrected chi connectivity index (χ4v) is 6.92. The van der Waals surface area contributed by atoms with Gasteiger partial charge in [-0.05, 0) is 22.6 Å². The van der Waals surface area contributed by atoms with E-state index in [1.165, 1.54) is 11.4 Å². The second kappa shape index (κ2) is 10.8. The van der Waals surface area contributed by atoms with E-state index in [0.29, 0.717) is 5.39 Å². The molecule has 38 heavy (non-hydrogen) atoms. The molecule has 194 valence electrons. The Bertz CT molecular complexity index is 1510. The van der Waals surface area contributed by atoms with Gasteiger partial charge in [0.25, 0.3) is 0 Å². The summed E-state index contributed by atoms with van der Waals surface area (Å²) in [4.78, 5) is 28.8. The summed E-state index contributed by atoms with van der Waals surface area (Å²) in [5.41, 5.74) is 1.68.